The normalized spacial score (nSPS) is 11.0. The molecule has 0 atom stereocenters. The number of carbonyl (C=O) groups excluding carboxylic acids is 1. The van der Waals surface area contributed by atoms with Gasteiger partial charge in [-0.2, -0.15) is 4.98 Å². The molecule has 156 valence electrons. The van der Waals surface area contributed by atoms with Crippen molar-refractivity contribution in [3.63, 3.8) is 0 Å². The summed E-state index contributed by atoms with van der Waals surface area (Å²) in [6, 6.07) is 14.4. The van der Waals surface area contributed by atoms with Crippen molar-refractivity contribution in [2.45, 2.75) is 25.7 Å². The van der Waals surface area contributed by atoms with E-state index in [1.165, 1.54) is 31.2 Å². The Hall–Kier alpha value is -3.46. The van der Waals surface area contributed by atoms with Gasteiger partial charge in [-0.1, -0.05) is 12.1 Å². The molecule has 0 fully saturated rings. The Morgan fingerprint density at radius 2 is 1.60 bits per heavy atom. The fraction of sp³-hybridized carbons (Fsp3) is 0.190. The lowest BCUT2D eigenvalue weighted by molar-refractivity contribution is 0.101. The zero-order valence-electron chi connectivity index (χ0n) is 16.9. The first-order valence-electron chi connectivity index (χ1n) is 9.37. The molecule has 0 aliphatic rings. The number of aromatic nitrogens is 2. The molecule has 0 aliphatic carbocycles. The predicted molar refractivity (Wildman–Crippen MR) is 118 cm³/mol. The SMILES string of the molecule is CCNc1nc(C)cc(Nc2ccc(NS(=O)(=O)c3ccc(C(C)=O)cc3)cc2)n1. The molecule has 9 heteroatoms. The highest BCUT2D eigenvalue weighted by Gasteiger charge is 2.14. The van der Waals surface area contributed by atoms with Crippen LogP contribution in [0.2, 0.25) is 0 Å². The molecule has 2 aromatic carbocycles. The van der Waals surface area contributed by atoms with E-state index in [1.54, 1.807) is 24.3 Å². The van der Waals surface area contributed by atoms with Crippen molar-refractivity contribution >= 4 is 38.9 Å². The minimum absolute atomic E-state index is 0.0853. The van der Waals surface area contributed by atoms with Gasteiger partial charge < -0.3 is 10.6 Å². The molecule has 0 amide bonds. The number of hydrogen-bond donors (Lipinski definition) is 3. The number of ketones is 1. The lowest BCUT2D eigenvalue weighted by Crippen LogP contribution is -2.13. The van der Waals surface area contributed by atoms with Crippen LogP contribution in [0.15, 0.2) is 59.5 Å². The van der Waals surface area contributed by atoms with Crippen LogP contribution in [-0.4, -0.2) is 30.7 Å². The number of nitrogens with zero attached hydrogens (tertiary/aromatic N) is 2. The van der Waals surface area contributed by atoms with Crippen LogP contribution in [0.5, 0.6) is 0 Å². The number of nitrogens with one attached hydrogen (secondary N) is 3. The molecule has 0 bridgehead atoms. The summed E-state index contributed by atoms with van der Waals surface area (Å²) in [4.78, 5) is 20.1. The number of hydrogen-bond acceptors (Lipinski definition) is 7. The van der Waals surface area contributed by atoms with Gasteiger partial charge in [0.25, 0.3) is 10.0 Å². The average Bonchev–Trinajstić information content (AvgIpc) is 2.69. The Labute approximate surface area is 175 Å². The lowest BCUT2D eigenvalue weighted by Gasteiger charge is -2.11. The second-order valence-corrected chi connectivity index (χ2v) is 8.32. The van der Waals surface area contributed by atoms with E-state index in [9.17, 15) is 13.2 Å². The van der Waals surface area contributed by atoms with Crippen LogP contribution in [-0.2, 0) is 10.0 Å². The maximum atomic E-state index is 12.6. The summed E-state index contributed by atoms with van der Waals surface area (Å²) >= 11 is 0. The molecule has 1 aromatic heterocycles. The molecule has 3 N–H and O–H groups in total. The molecular weight excluding hydrogens is 402 g/mol. The van der Waals surface area contributed by atoms with Gasteiger partial charge >= 0.3 is 0 Å². The first-order chi connectivity index (χ1) is 14.3. The third kappa shape index (κ3) is 5.32. The first-order valence-corrected chi connectivity index (χ1v) is 10.9. The van der Waals surface area contributed by atoms with Crippen LogP contribution in [0.1, 0.15) is 29.9 Å². The van der Waals surface area contributed by atoms with Gasteiger partial charge in [0, 0.05) is 35.2 Å². The van der Waals surface area contributed by atoms with Gasteiger partial charge in [0.05, 0.1) is 4.90 Å². The highest BCUT2D eigenvalue weighted by Crippen LogP contribution is 2.21. The summed E-state index contributed by atoms with van der Waals surface area (Å²) < 4.78 is 27.7. The van der Waals surface area contributed by atoms with Crippen LogP contribution >= 0.6 is 0 Å². The van der Waals surface area contributed by atoms with Crippen molar-refractivity contribution in [1.82, 2.24) is 9.97 Å². The lowest BCUT2D eigenvalue weighted by atomic mass is 10.2. The third-order valence-corrected chi connectivity index (χ3v) is 5.57. The average molecular weight is 426 g/mol. The van der Waals surface area contributed by atoms with E-state index >= 15 is 0 Å². The molecule has 30 heavy (non-hydrogen) atoms. The number of rotatable bonds is 8. The molecule has 3 aromatic rings. The molecule has 0 aliphatic heterocycles. The molecule has 8 nitrogen and oxygen atoms in total. The number of sulfonamides is 1. The summed E-state index contributed by atoms with van der Waals surface area (Å²) in [7, 11) is -3.76. The molecule has 1 heterocycles. The molecule has 0 spiro atoms. The summed E-state index contributed by atoms with van der Waals surface area (Å²) in [5, 5.41) is 6.26. The van der Waals surface area contributed by atoms with Gasteiger partial charge in [-0.15, -0.1) is 0 Å². The number of carbonyl (C=O) groups is 1. The Morgan fingerprint density at radius 3 is 2.20 bits per heavy atom. The standard InChI is InChI=1S/C21H23N5O3S/c1-4-22-21-23-14(2)13-20(25-21)24-17-7-9-18(10-8-17)26-30(28,29)19-11-5-16(6-12-19)15(3)27/h5-13,26H,4H2,1-3H3,(H2,22,23,24,25). The van der Waals surface area contributed by atoms with Crippen LogP contribution in [0.3, 0.4) is 0 Å². The Balaban J connectivity index is 1.72. The molecular formula is C21H23N5O3S. The van der Waals surface area contributed by atoms with Crippen LogP contribution in [0.4, 0.5) is 23.1 Å². The first kappa shape index (κ1) is 21.3. The molecule has 0 unspecified atom stereocenters. The van der Waals surface area contributed by atoms with Crippen molar-refractivity contribution in [2.24, 2.45) is 0 Å². The molecule has 0 saturated carbocycles. The van der Waals surface area contributed by atoms with Crippen molar-refractivity contribution in [2.75, 3.05) is 21.9 Å². The van der Waals surface area contributed by atoms with Crippen LogP contribution < -0.4 is 15.4 Å². The second-order valence-electron chi connectivity index (χ2n) is 6.64. The number of benzene rings is 2. The highest BCUT2D eigenvalue weighted by atomic mass is 32.2. The van der Waals surface area contributed by atoms with Gasteiger partial charge in [0.15, 0.2) is 5.78 Å². The third-order valence-electron chi connectivity index (χ3n) is 4.17. The minimum atomic E-state index is -3.76. The summed E-state index contributed by atoms with van der Waals surface area (Å²) in [6.45, 7) is 6.00. The Morgan fingerprint density at radius 1 is 0.967 bits per heavy atom. The van der Waals surface area contributed by atoms with Gasteiger partial charge in [-0.25, -0.2) is 13.4 Å². The summed E-state index contributed by atoms with van der Waals surface area (Å²) in [6.07, 6.45) is 0. The zero-order chi connectivity index (χ0) is 21.7. The van der Waals surface area contributed by atoms with Crippen molar-refractivity contribution in [1.29, 1.82) is 0 Å². The highest BCUT2D eigenvalue weighted by molar-refractivity contribution is 7.92. The fourth-order valence-corrected chi connectivity index (χ4v) is 3.78. The predicted octanol–water partition coefficient (Wildman–Crippen LogP) is 3.96. The van der Waals surface area contributed by atoms with Crippen LogP contribution in [0.25, 0.3) is 0 Å². The molecule has 0 radical (unpaired) electrons. The maximum absolute atomic E-state index is 12.6. The fourth-order valence-electron chi connectivity index (χ4n) is 2.72. The van der Waals surface area contributed by atoms with E-state index in [0.29, 0.717) is 23.0 Å². The summed E-state index contributed by atoms with van der Waals surface area (Å²) in [5.41, 5.74) is 2.46. The van der Waals surface area contributed by atoms with Crippen molar-refractivity contribution in [3.8, 4) is 0 Å². The monoisotopic (exact) mass is 425 g/mol. The molecule has 3 rings (SSSR count). The summed E-state index contributed by atoms with van der Waals surface area (Å²) in [5.74, 6) is 1.06. The Kier molecular flexibility index (Phi) is 6.31. The van der Waals surface area contributed by atoms with Gasteiger partial charge in [-0.05, 0) is 57.2 Å². The van der Waals surface area contributed by atoms with E-state index in [-0.39, 0.29) is 10.7 Å². The van der Waals surface area contributed by atoms with E-state index < -0.39 is 10.0 Å². The van der Waals surface area contributed by atoms with Crippen molar-refractivity contribution in [3.05, 3.63) is 65.9 Å². The number of anilines is 4. The van der Waals surface area contributed by atoms with Crippen molar-refractivity contribution < 1.29 is 13.2 Å². The van der Waals surface area contributed by atoms with E-state index in [2.05, 4.69) is 25.3 Å². The second kappa shape index (κ2) is 8.91. The largest absolute Gasteiger partial charge is 0.354 e. The van der Waals surface area contributed by atoms with E-state index in [4.69, 9.17) is 0 Å². The maximum Gasteiger partial charge on any atom is 0.261 e. The smallest absolute Gasteiger partial charge is 0.261 e. The zero-order valence-corrected chi connectivity index (χ0v) is 17.7. The quantitative estimate of drug-likeness (QED) is 0.468. The van der Waals surface area contributed by atoms with Gasteiger partial charge in [0.1, 0.15) is 5.82 Å². The molecule has 0 saturated heterocycles. The van der Waals surface area contributed by atoms with E-state index in [1.807, 2.05) is 19.9 Å². The topological polar surface area (TPSA) is 113 Å². The number of aryl methyl sites for hydroxylation is 1. The Bertz CT molecular complexity index is 1140. The number of Topliss-reactive ketones (excluding diaryl/α,β-unsaturated/α-hetero) is 1. The van der Waals surface area contributed by atoms with Crippen LogP contribution in [0, 0.1) is 6.92 Å². The minimum Gasteiger partial charge on any atom is -0.354 e. The van der Waals surface area contributed by atoms with Gasteiger partial charge in [0.2, 0.25) is 5.95 Å². The van der Waals surface area contributed by atoms with E-state index in [0.717, 1.165) is 17.9 Å². The van der Waals surface area contributed by atoms with Gasteiger partial charge in [-0.3, -0.25) is 9.52 Å².